The number of likely N-dealkylation sites (tertiary alicyclic amines) is 1. The summed E-state index contributed by atoms with van der Waals surface area (Å²) >= 11 is 0. The van der Waals surface area contributed by atoms with Gasteiger partial charge in [-0.1, -0.05) is 13.8 Å². The summed E-state index contributed by atoms with van der Waals surface area (Å²) in [5.74, 6) is 0.798. The summed E-state index contributed by atoms with van der Waals surface area (Å²) < 4.78 is 0. The average molecular weight is 254 g/mol. The van der Waals surface area contributed by atoms with Crippen LogP contribution in [0, 0.1) is 17.2 Å². The van der Waals surface area contributed by atoms with Gasteiger partial charge in [0.25, 0.3) is 0 Å². The van der Waals surface area contributed by atoms with E-state index in [1.165, 1.54) is 0 Å². The van der Waals surface area contributed by atoms with Gasteiger partial charge in [0.2, 0.25) is 0 Å². The number of nitrogens with zero attached hydrogens (tertiary/aromatic N) is 2. The molecular weight excluding hydrogens is 228 g/mol. The minimum Gasteiger partial charge on any atom is -0.387 e. The maximum Gasteiger partial charge on any atom is 0.320 e. The van der Waals surface area contributed by atoms with Gasteiger partial charge in [0.15, 0.2) is 0 Å². The van der Waals surface area contributed by atoms with Crippen molar-refractivity contribution in [3.8, 4) is 0 Å². The molecule has 0 saturated carbocycles. The van der Waals surface area contributed by atoms with Crippen LogP contribution in [0.25, 0.3) is 0 Å². The molecule has 18 heavy (non-hydrogen) atoms. The fraction of sp³-hybridized carbons (Fsp3) is 0.846. The molecule has 3 N–H and O–H groups in total. The lowest BCUT2D eigenvalue weighted by molar-refractivity contribution is 0.134. The van der Waals surface area contributed by atoms with Crippen molar-refractivity contribution < 1.29 is 4.79 Å². The van der Waals surface area contributed by atoms with E-state index in [-0.39, 0.29) is 17.8 Å². The van der Waals surface area contributed by atoms with Crippen molar-refractivity contribution in [2.24, 2.45) is 17.6 Å². The monoisotopic (exact) mass is 254 g/mol. The van der Waals surface area contributed by atoms with Gasteiger partial charge in [-0.3, -0.25) is 5.41 Å². The molecule has 0 aliphatic carbocycles. The molecule has 1 unspecified atom stereocenters. The van der Waals surface area contributed by atoms with E-state index in [0.717, 1.165) is 31.8 Å². The number of carbonyl (C=O) groups is 1. The smallest absolute Gasteiger partial charge is 0.320 e. The Hall–Kier alpha value is -1.26. The zero-order chi connectivity index (χ0) is 13.7. The highest BCUT2D eigenvalue weighted by Crippen LogP contribution is 2.17. The van der Waals surface area contributed by atoms with Gasteiger partial charge < -0.3 is 15.5 Å². The molecule has 1 aliphatic heterocycles. The maximum atomic E-state index is 12.3. The Morgan fingerprint density at radius 3 is 2.50 bits per heavy atom. The van der Waals surface area contributed by atoms with E-state index in [2.05, 4.69) is 6.92 Å². The van der Waals surface area contributed by atoms with Crippen LogP contribution in [0.5, 0.6) is 0 Å². The molecule has 1 atom stereocenters. The molecule has 1 heterocycles. The Morgan fingerprint density at radius 1 is 1.50 bits per heavy atom. The van der Waals surface area contributed by atoms with Crippen LogP contribution in [0.1, 0.15) is 33.6 Å². The Bertz CT molecular complexity index is 297. The number of carbonyl (C=O) groups excluding carboxylic acids is 1. The molecule has 0 aromatic carbocycles. The highest BCUT2D eigenvalue weighted by atomic mass is 16.2. The van der Waals surface area contributed by atoms with Crippen molar-refractivity contribution in [2.45, 2.75) is 33.6 Å². The standard InChI is InChI=1S/C13H26N4O/c1-4-16(9-11(3)12(14)15)13(18)17-7-5-10(2)6-8-17/h10-11H,4-9H2,1-3H3,(H3,14,15). The Balaban J connectivity index is 2.54. The van der Waals surface area contributed by atoms with Crippen LogP contribution in [-0.4, -0.2) is 47.8 Å². The van der Waals surface area contributed by atoms with E-state index in [9.17, 15) is 4.79 Å². The maximum absolute atomic E-state index is 12.3. The molecule has 1 fully saturated rings. The van der Waals surface area contributed by atoms with Gasteiger partial charge in [0, 0.05) is 32.1 Å². The zero-order valence-electron chi connectivity index (χ0n) is 11.8. The summed E-state index contributed by atoms with van der Waals surface area (Å²) in [4.78, 5) is 16.1. The topological polar surface area (TPSA) is 73.4 Å². The highest BCUT2D eigenvalue weighted by molar-refractivity contribution is 5.80. The van der Waals surface area contributed by atoms with Crippen LogP contribution in [0.4, 0.5) is 4.79 Å². The average Bonchev–Trinajstić information content (AvgIpc) is 2.35. The van der Waals surface area contributed by atoms with Crippen LogP contribution in [0.15, 0.2) is 0 Å². The zero-order valence-corrected chi connectivity index (χ0v) is 11.8. The normalized spacial score (nSPS) is 18.5. The molecule has 0 spiro atoms. The minimum atomic E-state index is -0.0717. The third kappa shape index (κ3) is 3.89. The molecule has 0 radical (unpaired) electrons. The van der Waals surface area contributed by atoms with Crippen LogP contribution in [0.3, 0.4) is 0 Å². The van der Waals surface area contributed by atoms with E-state index in [4.69, 9.17) is 11.1 Å². The number of nitrogens with one attached hydrogen (secondary N) is 1. The Morgan fingerprint density at radius 2 is 2.06 bits per heavy atom. The van der Waals surface area contributed by atoms with Crippen molar-refractivity contribution in [2.75, 3.05) is 26.2 Å². The van der Waals surface area contributed by atoms with Gasteiger partial charge in [0.05, 0.1) is 5.84 Å². The lowest BCUT2D eigenvalue weighted by atomic mass is 9.99. The first kappa shape index (κ1) is 14.8. The number of amidine groups is 1. The summed E-state index contributed by atoms with van der Waals surface area (Å²) in [6.07, 6.45) is 2.18. The summed E-state index contributed by atoms with van der Waals surface area (Å²) in [6.45, 7) is 9.00. The lowest BCUT2D eigenvalue weighted by Gasteiger charge is -2.35. The van der Waals surface area contributed by atoms with Gasteiger partial charge >= 0.3 is 6.03 Å². The third-order valence-electron chi connectivity index (χ3n) is 3.73. The van der Waals surface area contributed by atoms with Gasteiger partial charge in [-0.05, 0) is 25.7 Å². The van der Waals surface area contributed by atoms with Crippen molar-refractivity contribution in [1.82, 2.24) is 9.80 Å². The summed E-state index contributed by atoms with van der Waals surface area (Å²) in [5.41, 5.74) is 5.47. The third-order valence-corrected chi connectivity index (χ3v) is 3.73. The van der Waals surface area contributed by atoms with E-state index >= 15 is 0 Å². The van der Waals surface area contributed by atoms with Gasteiger partial charge in [-0.25, -0.2) is 4.79 Å². The van der Waals surface area contributed by atoms with Crippen molar-refractivity contribution >= 4 is 11.9 Å². The molecular formula is C13H26N4O. The predicted molar refractivity (Wildman–Crippen MR) is 73.7 cm³/mol. The van der Waals surface area contributed by atoms with Crippen molar-refractivity contribution in [1.29, 1.82) is 5.41 Å². The van der Waals surface area contributed by atoms with Gasteiger partial charge in [-0.15, -0.1) is 0 Å². The van der Waals surface area contributed by atoms with Crippen LogP contribution in [-0.2, 0) is 0 Å². The molecule has 5 nitrogen and oxygen atoms in total. The minimum absolute atomic E-state index is 0.0717. The Labute approximate surface area is 110 Å². The molecule has 0 aromatic heterocycles. The van der Waals surface area contributed by atoms with E-state index < -0.39 is 0 Å². The SMILES string of the molecule is CCN(CC(C)C(=N)N)C(=O)N1CCC(C)CC1. The van der Waals surface area contributed by atoms with Gasteiger partial charge in [0.1, 0.15) is 0 Å². The molecule has 0 bridgehead atoms. The van der Waals surface area contributed by atoms with Crippen LogP contribution < -0.4 is 5.73 Å². The summed E-state index contributed by atoms with van der Waals surface area (Å²) in [7, 11) is 0. The first-order valence-electron chi connectivity index (χ1n) is 6.83. The predicted octanol–water partition coefficient (Wildman–Crippen LogP) is 1.73. The van der Waals surface area contributed by atoms with E-state index in [1.54, 1.807) is 4.90 Å². The second kappa shape index (κ2) is 6.61. The number of piperidine rings is 1. The number of nitrogens with two attached hydrogens (primary N) is 1. The fourth-order valence-electron chi connectivity index (χ4n) is 2.17. The quantitative estimate of drug-likeness (QED) is 0.592. The molecule has 104 valence electrons. The number of urea groups is 1. The first-order valence-corrected chi connectivity index (χ1v) is 6.83. The number of rotatable bonds is 4. The highest BCUT2D eigenvalue weighted by Gasteiger charge is 2.25. The van der Waals surface area contributed by atoms with Crippen molar-refractivity contribution in [3.63, 3.8) is 0 Å². The van der Waals surface area contributed by atoms with Crippen LogP contribution in [0.2, 0.25) is 0 Å². The molecule has 1 rings (SSSR count). The Kier molecular flexibility index (Phi) is 5.44. The van der Waals surface area contributed by atoms with Crippen LogP contribution >= 0.6 is 0 Å². The second-order valence-corrected chi connectivity index (χ2v) is 5.35. The largest absolute Gasteiger partial charge is 0.387 e. The number of hydrogen-bond donors (Lipinski definition) is 2. The number of hydrogen-bond acceptors (Lipinski definition) is 2. The number of amides is 2. The fourth-order valence-corrected chi connectivity index (χ4v) is 2.17. The first-order chi connectivity index (χ1) is 8.45. The molecule has 1 saturated heterocycles. The van der Waals surface area contributed by atoms with Gasteiger partial charge in [-0.2, -0.15) is 0 Å². The molecule has 2 amide bonds. The molecule has 0 aromatic rings. The summed E-state index contributed by atoms with van der Waals surface area (Å²) in [6, 6.07) is 0.0949. The molecule has 1 aliphatic rings. The second-order valence-electron chi connectivity index (χ2n) is 5.35. The van der Waals surface area contributed by atoms with E-state index in [0.29, 0.717) is 13.1 Å². The van der Waals surface area contributed by atoms with E-state index in [1.807, 2.05) is 18.7 Å². The molecule has 5 heteroatoms. The summed E-state index contributed by atoms with van der Waals surface area (Å²) in [5, 5.41) is 7.41. The lowest BCUT2D eigenvalue weighted by Crippen LogP contribution is -2.48. The van der Waals surface area contributed by atoms with Crippen molar-refractivity contribution in [3.05, 3.63) is 0 Å².